The number of ether oxygens (including phenoxy) is 1. The highest BCUT2D eigenvalue weighted by Crippen LogP contribution is 2.26. The van der Waals surface area contributed by atoms with Crippen LogP contribution in [0.1, 0.15) is 28.8 Å². The van der Waals surface area contributed by atoms with Gasteiger partial charge >= 0.3 is 6.36 Å². The molecule has 4 aromatic rings. The van der Waals surface area contributed by atoms with Crippen LogP contribution in [0.4, 0.5) is 13.2 Å². The molecule has 0 atom stereocenters. The minimum Gasteiger partial charge on any atom is -0.406 e. The van der Waals surface area contributed by atoms with Crippen LogP contribution < -0.4 is 10.1 Å². The zero-order chi connectivity index (χ0) is 26.5. The largest absolute Gasteiger partial charge is 0.573 e. The van der Waals surface area contributed by atoms with Crippen LogP contribution in [0.5, 0.6) is 5.75 Å². The lowest BCUT2D eigenvalue weighted by Gasteiger charge is -2.32. The van der Waals surface area contributed by atoms with Gasteiger partial charge in [-0.05, 0) is 80.2 Å². The van der Waals surface area contributed by atoms with Crippen molar-refractivity contribution in [2.24, 2.45) is 5.92 Å². The molecule has 1 fully saturated rings. The summed E-state index contributed by atoms with van der Waals surface area (Å²) in [5, 5.41) is 3.00. The maximum atomic E-state index is 12.7. The average molecular weight is 523 g/mol. The SMILES string of the molecule is O=C(NCCN1CCC(Cc2ccccc2)CC1)c1ccn2cc(-c3ccc(OC(F)(F)F)cc3)nc2c1. The molecular formula is C29H29F3N4O2. The van der Waals surface area contributed by atoms with Gasteiger partial charge in [0.05, 0.1) is 5.69 Å². The Kier molecular flexibility index (Phi) is 7.64. The number of aromatic nitrogens is 2. The van der Waals surface area contributed by atoms with Crippen molar-refractivity contribution in [3.63, 3.8) is 0 Å². The number of likely N-dealkylation sites (tertiary alicyclic amines) is 1. The third-order valence-electron chi connectivity index (χ3n) is 6.89. The number of alkyl halides is 3. The Labute approximate surface area is 219 Å². The zero-order valence-electron chi connectivity index (χ0n) is 20.8. The van der Waals surface area contributed by atoms with Gasteiger partial charge in [-0.1, -0.05) is 30.3 Å². The first-order valence-electron chi connectivity index (χ1n) is 12.7. The van der Waals surface area contributed by atoms with Crippen LogP contribution in [0.2, 0.25) is 0 Å². The summed E-state index contributed by atoms with van der Waals surface area (Å²) in [6.45, 7) is 3.46. The number of amides is 1. The van der Waals surface area contributed by atoms with Crippen LogP contribution in [-0.4, -0.2) is 52.7 Å². The average Bonchev–Trinajstić information content (AvgIpc) is 3.33. The highest BCUT2D eigenvalue weighted by molar-refractivity contribution is 5.95. The number of halogens is 3. The lowest BCUT2D eigenvalue weighted by Crippen LogP contribution is -2.40. The first-order chi connectivity index (χ1) is 18.3. The minimum absolute atomic E-state index is 0.162. The van der Waals surface area contributed by atoms with Gasteiger partial charge in [0.1, 0.15) is 11.4 Å². The van der Waals surface area contributed by atoms with E-state index in [4.69, 9.17) is 0 Å². The molecule has 0 aliphatic carbocycles. The van der Waals surface area contributed by atoms with E-state index in [9.17, 15) is 18.0 Å². The molecule has 38 heavy (non-hydrogen) atoms. The lowest BCUT2D eigenvalue weighted by atomic mass is 9.90. The molecule has 0 saturated carbocycles. The molecule has 0 radical (unpaired) electrons. The second-order valence-electron chi connectivity index (χ2n) is 9.61. The lowest BCUT2D eigenvalue weighted by molar-refractivity contribution is -0.274. The van der Waals surface area contributed by atoms with Crippen molar-refractivity contribution < 1.29 is 22.7 Å². The van der Waals surface area contributed by atoms with E-state index >= 15 is 0 Å². The van der Waals surface area contributed by atoms with Gasteiger partial charge in [-0.2, -0.15) is 0 Å². The summed E-state index contributed by atoms with van der Waals surface area (Å²) in [7, 11) is 0. The molecule has 1 amide bonds. The number of carbonyl (C=O) groups excluding carboxylic acids is 1. The fourth-order valence-electron chi connectivity index (χ4n) is 4.88. The van der Waals surface area contributed by atoms with Crippen molar-refractivity contribution in [1.29, 1.82) is 0 Å². The van der Waals surface area contributed by atoms with E-state index < -0.39 is 6.36 Å². The predicted molar refractivity (Wildman–Crippen MR) is 139 cm³/mol. The Hall–Kier alpha value is -3.85. The number of nitrogens with one attached hydrogen (secondary N) is 1. The van der Waals surface area contributed by atoms with Crippen LogP contribution in [0.3, 0.4) is 0 Å². The zero-order valence-corrected chi connectivity index (χ0v) is 20.8. The van der Waals surface area contributed by atoms with Crippen molar-refractivity contribution in [3.05, 3.63) is 90.3 Å². The van der Waals surface area contributed by atoms with Gasteiger partial charge in [0.15, 0.2) is 0 Å². The maximum Gasteiger partial charge on any atom is 0.573 e. The second kappa shape index (κ2) is 11.3. The van der Waals surface area contributed by atoms with E-state index in [0.29, 0.717) is 34.9 Å². The van der Waals surface area contributed by atoms with Gasteiger partial charge in [0, 0.05) is 36.6 Å². The fourth-order valence-corrected chi connectivity index (χ4v) is 4.88. The Balaban J connectivity index is 1.11. The Morgan fingerprint density at radius 3 is 2.47 bits per heavy atom. The maximum absolute atomic E-state index is 12.7. The molecule has 9 heteroatoms. The predicted octanol–water partition coefficient (Wildman–Crippen LogP) is 5.58. The van der Waals surface area contributed by atoms with Crippen molar-refractivity contribution in [1.82, 2.24) is 19.6 Å². The summed E-state index contributed by atoms with van der Waals surface area (Å²) in [5.41, 5.74) is 3.70. The molecular weight excluding hydrogens is 493 g/mol. The number of rotatable bonds is 8. The molecule has 6 nitrogen and oxygen atoms in total. The standard InChI is InChI=1S/C29H29F3N4O2/c30-29(31,32)38-25-8-6-23(7-9-25)26-20-36-16-12-24(19-27(36)34-26)28(37)33-13-17-35-14-10-22(11-15-35)18-21-4-2-1-3-5-21/h1-9,12,16,19-20,22H,10-11,13-15,17-18H2,(H,33,37). The number of hydrogen-bond acceptors (Lipinski definition) is 4. The molecule has 0 bridgehead atoms. The summed E-state index contributed by atoms with van der Waals surface area (Å²) < 4.78 is 42.9. The Morgan fingerprint density at radius 1 is 1.03 bits per heavy atom. The van der Waals surface area contributed by atoms with E-state index in [0.717, 1.165) is 26.1 Å². The molecule has 198 valence electrons. The third-order valence-corrected chi connectivity index (χ3v) is 6.89. The topological polar surface area (TPSA) is 58.9 Å². The minimum atomic E-state index is -4.74. The third kappa shape index (κ3) is 6.72. The van der Waals surface area contributed by atoms with Gasteiger partial charge in [-0.15, -0.1) is 13.2 Å². The Morgan fingerprint density at radius 2 is 1.76 bits per heavy atom. The number of hydrogen-bond donors (Lipinski definition) is 1. The van der Waals surface area contributed by atoms with E-state index in [1.165, 1.54) is 42.7 Å². The number of fused-ring (bicyclic) bond motifs is 1. The van der Waals surface area contributed by atoms with Crippen molar-refractivity contribution in [2.75, 3.05) is 26.2 Å². The van der Waals surface area contributed by atoms with E-state index in [-0.39, 0.29) is 11.7 Å². The summed E-state index contributed by atoms with van der Waals surface area (Å²) in [6, 6.07) is 19.6. The van der Waals surface area contributed by atoms with Crippen LogP contribution in [-0.2, 0) is 6.42 Å². The summed E-state index contributed by atoms with van der Waals surface area (Å²) >= 11 is 0. The van der Waals surface area contributed by atoms with E-state index in [1.54, 1.807) is 28.9 Å². The highest BCUT2D eigenvalue weighted by Gasteiger charge is 2.31. The van der Waals surface area contributed by atoms with Gasteiger partial charge < -0.3 is 19.4 Å². The van der Waals surface area contributed by atoms with Gasteiger partial charge in [-0.25, -0.2) is 4.98 Å². The van der Waals surface area contributed by atoms with Crippen LogP contribution in [0, 0.1) is 5.92 Å². The second-order valence-corrected chi connectivity index (χ2v) is 9.61. The monoisotopic (exact) mass is 522 g/mol. The van der Waals surface area contributed by atoms with Crippen LogP contribution in [0.25, 0.3) is 16.9 Å². The molecule has 1 aliphatic heterocycles. The number of pyridine rings is 1. The molecule has 2 aromatic carbocycles. The molecule has 1 aliphatic rings. The Bertz CT molecular complexity index is 1360. The smallest absolute Gasteiger partial charge is 0.406 e. The molecule has 1 N–H and O–H groups in total. The van der Waals surface area contributed by atoms with Gasteiger partial charge in [0.25, 0.3) is 5.91 Å². The molecule has 2 aromatic heterocycles. The first kappa shape index (κ1) is 25.8. The van der Waals surface area contributed by atoms with Crippen LogP contribution >= 0.6 is 0 Å². The molecule has 1 saturated heterocycles. The van der Waals surface area contributed by atoms with E-state index in [1.807, 2.05) is 6.07 Å². The molecule has 3 heterocycles. The normalized spacial score (nSPS) is 15.0. The van der Waals surface area contributed by atoms with Crippen LogP contribution in [0.15, 0.2) is 79.1 Å². The fraction of sp³-hybridized carbons (Fsp3) is 0.310. The number of piperidine rings is 1. The van der Waals surface area contributed by atoms with Crippen molar-refractivity contribution in [3.8, 4) is 17.0 Å². The summed E-state index contributed by atoms with van der Waals surface area (Å²) in [6.07, 6.45) is 2.24. The number of imidazole rings is 1. The molecule has 0 spiro atoms. The van der Waals surface area contributed by atoms with Crippen molar-refractivity contribution in [2.45, 2.75) is 25.6 Å². The highest BCUT2D eigenvalue weighted by atomic mass is 19.4. The number of nitrogens with zero attached hydrogens (tertiary/aromatic N) is 3. The summed E-state index contributed by atoms with van der Waals surface area (Å²) in [4.78, 5) is 19.7. The molecule has 0 unspecified atom stereocenters. The van der Waals surface area contributed by atoms with E-state index in [2.05, 4.69) is 44.2 Å². The first-order valence-corrected chi connectivity index (χ1v) is 12.7. The number of benzene rings is 2. The quantitative estimate of drug-likeness (QED) is 0.328. The van der Waals surface area contributed by atoms with Crippen molar-refractivity contribution >= 4 is 11.6 Å². The van der Waals surface area contributed by atoms with Gasteiger partial charge in [-0.3, -0.25) is 4.79 Å². The van der Waals surface area contributed by atoms with Gasteiger partial charge in [0.2, 0.25) is 0 Å². The number of carbonyl (C=O) groups is 1. The molecule has 5 rings (SSSR count). The summed E-state index contributed by atoms with van der Waals surface area (Å²) in [5.74, 6) is 0.255.